The maximum atomic E-state index is 13.5. The number of benzene rings is 1. The minimum Gasteiger partial charge on any atom is -0.369 e. The topological polar surface area (TPSA) is 129 Å². The van der Waals surface area contributed by atoms with Gasteiger partial charge in [-0.3, -0.25) is 9.59 Å². The molecule has 38 heavy (non-hydrogen) atoms. The lowest BCUT2D eigenvalue weighted by atomic mass is 9.82. The fraction of sp³-hybridized carbons (Fsp3) is 0.483. The third-order valence-electron chi connectivity index (χ3n) is 7.33. The van der Waals surface area contributed by atoms with Crippen molar-refractivity contribution in [1.82, 2.24) is 25.2 Å². The highest BCUT2D eigenvalue weighted by molar-refractivity contribution is 5.87. The molecule has 3 aromatic rings. The Kier molecular flexibility index (Phi) is 8.44. The summed E-state index contributed by atoms with van der Waals surface area (Å²) < 4.78 is 7.43. The van der Waals surface area contributed by atoms with E-state index in [0.29, 0.717) is 12.8 Å². The molecular weight excluding hydrogens is 480 g/mol. The molecule has 0 bridgehead atoms. The predicted molar refractivity (Wildman–Crippen MR) is 146 cm³/mol. The third kappa shape index (κ3) is 5.71. The van der Waals surface area contributed by atoms with Crippen LogP contribution in [-0.2, 0) is 16.1 Å². The van der Waals surface area contributed by atoms with Crippen LogP contribution in [-0.4, -0.2) is 31.7 Å². The van der Waals surface area contributed by atoms with E-state index in [2.05, 4.69) is 31.8 Å². The zero-order valence-corrected chi connectivity index (χ0v) is 22.7. The summed E-state index contributed by atoms with van der Waals surface area (Å²) in [6, 6.07) is 7.85. The Morgan fingerprint density at radius 2 is 1.87 bits per heavy atom. The number of rotatable bonds is 10. The molecule has 0 saturated carbocycles. The van der Waals surface area contributed by atoms with Crippen LogP contribution in [0.2, 0.25) is 0 Å². The number of amides is 2. The molecule has 2 aromatic heterocycles. The van der Waals surface area contributed by atoms with Crippen molar-refractivity contribution in [1.29, 1.82) is 0 Å². The van der Waals surface area contributed by atoms with E-state index < -0.39 is 17.7 Å². The Bertz CT molecular complexity index is 1270. The van der Waals surface area contributed by atoms with Gasteiger partial charge in [-0.05, 0) is 57.4 Å². The second-order valence-electron chi connectivity index (χ2n) is 10.6. The fourth-order valence-electron chi connectivity index (χ4n) is 5.47. The monoisotopic (exact) mass is 518 g/mol. The van der Waals surface area contributed by atoms with Crippen molar-refractivity contribution in [3.05, 3.63) is 54.2 Å². The van der Waals surface area contributed by atoms with E-state index in [-0.39, 0.29) is 17.9 Å². The van der Waals surface area contributed by atoms with Gasteiger partial charge in [-0.25, -0.2) is 0 Å². The van der Waals surface area contributed by atoms with E-state index in [4.69, 9.17) is 10.3 Å². The van der Waals surface area contributed by atoms with Crippen molar-refractivity contribution >= 4 is 11.8 Å². The highest BCUT2D eigenvalue weighted by Gasteiger charge is 2.35. The van der Waals surface area contributed by atoms with Crippen molar-refractivity contribution in [2.75, 3.05) is 0 Å². The molecule has 0 saturated heterocycles. The number of aromatic nitrogens is 4. The van der Waals surface area contributed by atoms with Gasteiger partial charge in [0.25, 0.3) is 0 Å². The number of hydrogen-bond acceptors (Lipinski definition) is 6. The normalized spacial score (nSPS) is 16.9. The van der Waals surface area contributed by atoms with Crippen molar-refractivity contribution < 1.29 is 14.1 Å². The Labute approximate surface area is 223 Å². The molecule has 1 aromatic carbocycles. The van der Waals surface area contributed by atoms with Crippen LogP contribution in [0.5, 0.6) is 0 Å². The molecular formula is C29H38N6O3. The van der Waals surface area contributed by atoms with E-state index in [0.717, 1.165) is 65.6 Å². The molecule has 1 aliphatic rings. The first-order chi connectivity index (χ1) is 18.2. The molecule has 3 heterocycles. The molecule has 3 atom stereocenters. The Hall–Kier alpha value is -3.75. The average molecular weight is 519 g/mol. The average Bonchev–Trinajstić information content (AvgIpc) is 3.39. The van der Waals surface area contributed by atoms with Crippen LogP contribution < -0.4 is 11.1 Å². The summed E-state index contributed by atoms with van der Waals surface area (Å²) in [5, 5.41) is 16.3. The molecule has 4 rings (SSSR count). The first-order valence-corrected chi connectivity index (χ1v) is 13.4. The molecule has 1 aliphatic heterocycles. The van der Waals surface area contributed by atoms with E-state index in [1.807, 2.05) is 52.0 Å². The Balaban J connectivity index is 1.60. The van der Waals surface area contributed by atoms with E-state index in [9.17, 15) is 9.59 Å². The molecule has 0 fully saturated rings. The first kappa shape index (κ1) is 27.3. The number of carbonyl (C=O) groups excluding carboxylic acids is 2. The van der Waals surface area contributed by atoms with Crippen molar-refractivity contribution in [2.45, 2.75) is 72.4 Å². The number of nitrogens with two attached hydrogens (primary N) is 1. The molecule has 3 N–H and O–H groups in total. The quantitative estimate of drug-likeness (QED) is 0.367. The highest BCUT2D eigenvalue weighted by atomic mass is 16.5. The number of fused-ring (bicyclic) bond motifs is 1. The molecule has 9 nitrogen and oxygen atoms in total. The maximum Gasteiger partial charge on any atom is 0.224 e. The van der Waals surface area contributed by atoms with Crippen LogP contribution in [0.1, 0.15) is 69.3 Å². The summed E-state index contributed by atoms with van der Waals surface area (Å²) in [7, 11) is 0. The van der Waals surface area contributed by atoms with E-state index >= 15 is 0 Å². The Morgan fingerprint density at radius 3 is 2.47 bits per heavy atom. The fourth-order valence-corrected chi connectivity index (χ4v) is 5.47. The number of primary amides is 1. The van der Waals surface area contributed by atoms with Gasteiger partial charge in [0.05, 0.1) is 23.6 Å². The van der Waals surface area contributed by atoms with Gasteiger partial charge in [-0.15, -0.1) is 16.8 Å². The number of carbonyl (C=O) groups is 2. The van der Waals surface area contributed by atoms with Crippen LogP contribution in [0.25, 0.3) is 22.5 Å². The number of nitrogens with zero attached hydrogens (tertiary/aromatic N) is 4. The van der Waals surface area contributed by atoms with Crippen LogP contribution in [0.4, 0.5) is 0 Å². The van der Waals surface area contributed by atoms with Crippen molar-refractivity contribution in [3.63, 3.8) is 0 Å². The third-order valence-corrected chi connectivity index (χ3v) is 7.33. The van der Waals surface area contributed by atoms with Crippen molar-refractivity contribution in [3.8, 4) is 22.5 Å². The summed E-state index contributed by atoms with van der Waals surface area (Å²) >= 11 is 0. The molecule has 202 valence electrons. The van der Waals surface area contributed by atoms with Crippen LogP contribution in [0.3, 0.4) is 0 Å². The second kappa shape index (κ2) is 11.8. The standard InChI is InChI=1S/C29H38N6O3/c1-6-9-22(26(30)36)23(16-17(2)3)29(37)31-24-10-7-8-15-35-27(32-33-28(24)35)21-13-11-20(12-14-21)25-18(4)34-38-19(25)5/h6,11-14,17,22-24H,1,7-10,15-16H2,2-5H3,(H2,30,36)(H,31,37). The van der Waals surface area contributed by atoms with Gasteiger partial charge in [0, 0.05) is 17.7 Å². The van der Waals surface area contributed by atoms with Gasteiger partial charge in [0.2, 0.25) is 11.8 Å². The molecule has 0 spiro atoms. The van der Waals surface area contributed by atoms with Gasteiger partial charge in [0.15, 0.2) is 11.6 Å². The zero-order valence-electron chi connectivity index (χ0n) is 22.7. The molecule has 2 amide bonds. The van der Waals surface area contributed by atoms with Gasteiger partial charge in [-0.1, -0.05) is 49.3 Å². The maximum absolute atomic E-state index is 13.5. The lowest BCUT2D eigenvalue weighted by Gasteiger charge is -2.27. The minimum absolute atomic E-state index is 0.170. The summed E-state index contributed by atoms with van der Waals surface area (Å²) in [5.41, 5.74) is 9.53. The summed E-state index contributed by atoms with van der Waals surface area (Å²) in [5.74, 6) is 0.762. The largest absolute Gasteiger partial charge is 0.369 e. The number of allylic oxidation sites excluding steroid dienone is 1. The minimum atomic E-state index is -0.592. The molecule has 3 unspecified atom stereocenters. The van der Waals surface area contributed by atoms with E-state index in [1.54, 1.807) is 6.08 Å². The van der Waals surface area contributed by atoms with Gasteiger partial charge in [-0.2, -0.15) is 0 Å². The number of aryl methyl sites for hydroxylation is 2. The Morgan fingerprint density at radius 1 is 1.16 bits per heavy atom. The van der Waals surface area contributed by atoms with Crippen molar-refractivity contribution in [2.24, 2.45) is 23.5 Å². The van der Waals surface area contributed by atoms with Gasteiger partial charge < -0.3 is 20.1 Å². The predicted octanol–water partition coefficient (Wildman–Crippen LogP) is 4.90. The number of hydrogen-bond donors (Lipinski definition) is 2. The smallest absolute Gasteiger partial charge is 0.224 e. The molecule has 0 aliphatic carbocycles. The van der Waals surface area contributed by atoms with E-state index in [1.165, 1.54) is 0 Å². The summed E-state index contributed by atoms with van der Waals surface area (Å²) in [6.45, 7) is 12.4. The first-order valence-electron chi connectivity index (χ1n) is 13.4. The lowest BCUT2D eigenvalue weighted by Crippen LogP contribution is -2.42. The lowest BCUT2D eigenvalue weighted by molar-refractivity contribution is -0.134. The summed E-state index contributed by atoms with van der Waals surface area (Å²) in [6.07, 6.45) is 5.24. The van der Waals surface area contributed by atoms with Crippen LogP contribution in [0.15, 0.2) is 41.4 Å². The second-order valence-corrected chi connectivity index (χ2v) is 10.6. The van der Waals surface area contributed by atoms with Crippen LogP contribution >= 0.6 is 0 Å². The summed E-state index contributed by atoms with van der Waals surface area (Å²) in [4.78, 5) is 25.8. The number of nitrogens with one attached hydrogen (secondary N) is 1. The van der Waals surface area contributed by atoms with Crippen LogP contribution in [0, 0.1) is 31.6 Å². The zero-order chi connectivity index (χ0) is 27.4. The SMILES string of the molecule is C=CCC(C(N)=O)C(CC(C)C)C(=O)NC1CCCCn2c(-c3ccc(-c4c(C)noc4C)cc3)nnc21. The molecule has 0 radical (unpaired) electrons. The molecule has 9 heteroatoms. The van der Waals surface area contributed by atoms with Gasteiger partial charge >= 0.3 is 0 Å². The van der Waals surface area contributed by atoms with Gasteiger partial charge in [0.1, 0.15) is 5.76 Å². The highest BCUT2D eigenvalue weighted by Crippen LogP contribution is 2.32.